The van der Waals surface area contributed by atoms with E-state index in [2.05, 4.69) is 27.7 Å². The number of carbonyl (C=O) groups is 4. The number of amides is 3. The normalized spacial score (nSPS) is 20.1. The molecule has 13 heteroatoms. The van der Waals surface area contributed by atoms with Crippen LogP contribution in [-0.4, -0.2) is 68.7 Å². The van der Waals surface area contributed by atoms with Crippen LogP contribution in [0.4, 0.5) is 5.13 Å². The maximum atomic E-state index is 13.0. The Hall–Kier alpha value is -2.93. The summed E-state index contributed by atoms with van der Waals surface area (Å²) in [5.41, 5.74) is 0.621. The second-order valence-corrected chi connectivity index (χ2v) is 9.39. The molecule has 1 unspecified atom stereocenters. The third kappa shape index (κ3) is 5.53. The van der Waals surface area contributed by atoms with Crippen LogP contribution in [0.5, 0.6) is 0 Å². The quantitative estimate of drug-likeness (QED) is 0.131. The van der Waals surface area contributed by atoms with Crippen molar-refractivity contribution in [3.05, 3.63) is 22.3 Å². The molecule has 2 aliphatic rings. The van der Waals surface area contributed by atoms with E-state index in [1.165, 1.54) is 16.7 Å². The molecule has 2 atom stereocenters. The fourth-order valence-electron chi connectivity index (χ4n) is 3.39. The molecule has 1 fully saturated rings. The number of rotatable bonds is 12. The van der Waals surface area contributed by atoms with E-state index < -0.39 is 29.2 Å². The van der Waals surface area contributed by atoms with Crippen LogP contribution in [-0.2, 0) is 24.0 Å². The fraction of sp³-hybridized carbons (Fsp3) is 0.500. The number of carboxylic acids is 1. The van der Waals surface area contributed by atoms with Crippen LogP contribution in [0.2, 0.25) is 0 Å². The predicted molar refractivity (Wildman–Crippen MR) is 124 cm³/mol. The van der Waals surface area contributed by atoms with Crippen molar-refractivity contribution < 1.29 is 29.1 Å². The van der Waals surface area contributed by atoms with Gasteiger partial charge in [0.2, 0.25) is 6.41 Å². The molecule has 0 saturated carbocycles. The van der Waals surface area contributed by atoms with Gasteiger partial charge in [0.15, 0.2) is 10.8 Å². The number of aromatic nitrogens is 1. The zero-order chi connectivity index (χ0) is 24.0. The Morgan fingerprint density at radius 1 is 1.39 bits per heavy atom. The summed E-state index contributed by atoms with van der Waals surface area (Å²) in [5, 5.41) is 19.8. The van der Waals surface area contributed by atoms with E-state index in [-0.39, 0.29) is 22.2 Å². The zero-order valence-electron chi connectivity index (χ0n) is 18.2. The maximum Gasteiger partial charge on any atom is 0.352 e. The Bertz CT molecular complexity index is 991. The van der Waals surface area contributed by atoms with E-state index in [0.29, 0.717) is 24.3 Å². The Balaban J connectivity index is 1.73. The first-order valence-electron chi connectivity index (χ1n) is 10.4. The number of thiazole rings is 1. The van der Waals surface area contributed by atoms with Crippen LogP contribution in [0, 0.1) is 0 Å². The van der Waals surface area contributed by atoms with Gasteiger partial charge in [-0.3, -0.25) is 19.3 Å². The lowest BCUT2D eigenvalue weighted by atomic mass is 10.0. The van der Waals surface area contributed by atoms with Crippen LogP contribution in [0.15, 0.2) is 21.8 Å². The summed E-state index contributed by atoms with van der Waals surface area (Å²) < 4.78 is 0. The number of thioether (sulfide) groups is 1. The van der Waals surface area contributed by atoms with E-state index in [1.807, 2.05) is 0 Å². The van der Waals surface area contributed by atoms with E-state index in [9.17, 15) is 24.3 Å². The summed E-state index contributed by atoms with van der Waals surface area (Å²) in [7, 11) is 0. The van der Waals surface area contributed by atoms with Crippen molar-refractivity contribution in [1.29, 1.82) is 0 Å². The van der Waals surface area contributed by atoms with Gasteiger partial charge in [-0.2, -0.15) is 0 Å². The van der Waals surface area contributed by atoms with Gasteiger partial charge in [0.25, 0.3) is 11.8 Å². The molecule has 0 bridgehead atoms. The van der Waals surface area contributed by atoms with Crippen LogP contribution in [0.3, 0.4) is 0 Å². The van der Waals surface area contributed by atoms with Gasteiger partial charge >= 0.3 is 5.97 Å². The fourth-order valence-corrected chi connectivity index (χ4v) is 5.34. The highest BCUT2D eigenvalue weighted by Gasteiger charge is 2.54. The number of hydrogen-bond acceptors (Lipinski definition) is 9. The molecule has 1 aromatic heterocycles. The number of anilines is 1. The zero-order valence-corrected chi connectivity index (χ0v) is 19.8. The lowest BCUT2D eigenvalue weighted by molar-refractivity contribution is -0.150. The van der Waals surface area contributed by atoms with Crippen molar-refractivity contribution in [2.45, 2.75) is 50.9 Å². The van der Waals surface area contributed by atoms with Crippen LogP contribution < -0.4 is 10.6 Å². The van der Waals surface area contributed by atoms with Crippen molar-refractivity contribution in [2.75, 3.05) is 17.7 Å². The Labute approximate surface area is 198 Å². The Kier molecular flexibility index (Phi) is 8.44. The van der Waals surface area contributed by atoms with E-state index in [0.717, 1.165) is 37.0 Å². The summed E-state index contributed by atoms with van der Waals surface area (Å²) in [6, 6.07) is -0.897. The second kappa shape index (κ2) is 11.3. The number of carboxylic acid groups (broad SMARTS) is 1. The molecule has 0 aliphatic carbocycles. The predicted octanol–water partition coefficient (Wildman–Crippen LogP) is 1.77. The number of unbranched alkanes of at least 4 members (excludes halogenated alkanes) is 3. The molecule has 1 aromatic rings. The van der Waals surface area contributed by atoms with Crippen molar-refractivity contribution in [2.24, 2.45) is 5.16 Å². The first-order chi connectivity index (χ1) is 15.9. The minimum absolute atomic E-state index is 0.0392. The molecule has 3 rings (SSSR count). The summed E-state index contributed by atoms with van der Waals surface area (Å²) in [6.07, 6.45) is 4.37. The highest BCUT2D eigenvalue weighted by Crippen LogP contribution is 2.40. The SMILES string of the molecule is CCCCCCON=C(C(=O)NC1C(=O)N2C(C(=O)O)=C(C)CS[C@@H]12)c1csc(NC=O)n1. The van der Waals surface area contributed by atoms with Crippen LogP contribution >= 0.6 is 23.1 Å². The minimum atomic E-state index is -1.17. The molecular weight excluding hydrogens is 470 g/mol. The second-order valence-electron chi connectivity index (χ2n) is 7.43. The summed E-state index contributed by atoms with van der Waals surface area (Å²) >= 11 is 2.49. The van der Waals surface area contributed by atoms with Gasteiger partial charge in [0, 0.05) is 11.1 Å². The number of oxime groups is 1. The number of fused-ring (bicyclic) bond motifs is 1. The van der Waals surface area contributed by atoms with Gasteiger partial charge in [-0.1, -0.05) is 24.9 Å². The van der Waals surface area contributed by atoms with Crippen molar-refractivity contribution in [1.82, 2.24) is 15.2 Å². The van der Waals surface area contributed by atoms with Crippen molar-refractivity contribution in [3.8, 4) is 0 Å². The number of aliphatic carboxylic acids is 1. The molecule has 1 saturated heterocycles. The van der Waals surface area contributed by atoms with Gasteiger partial charge < -0.3 is 20.6 Å². The van der Waals surface area contributed by atoms with E-state index in [4.69, 9.17) is 4.84 Å². The number of β-lactam (4-membered cyclic amide) rings is 1. The molecule has 0 aromatic carbocycles. The molecule has 3 N–H and O–H groups in total. The van der Waals surface area contributed by atoms with Gasteiger partial charge in [0.1, 0.15) is 29.4 Å². The number of nitrogens with zero attached hydrogens (tertiary/aromatic N) is 3. The number of hydrogen-bond donors (Lipinski definition) is 3. The molecule has 0 radical (unpaired) electrons. The van der Waals surface area contributed by atoms with Gasteiger partial charge in [-0.05, 0) is 25.3 Å². The smallest absolute Gasteiger partial charge is 0.352 e. The largest absolute Gasteiger partial charge is 0.477 e. The van der Waals surface area contributed by atoms with Crippen LogP contribution in [0.25, 0.3) is 0 Å². The monoisotopic (exact) mass is 495 g/mol. The molecule has 0 spiro atoms. The third-order valence-electron chi connectivity index (χ3n) is 5.04. The Morgan fingerprint density at radius 3 is 2.88 bits per heavy atom. The summed E-state index contributed by atoms with van der Waals surface area (Å²) in [6.45, 7) is 4.08. The first kappa shape index (κ1) is 24.7. The number of nitrogens with one attached hydrogen (secondary N) is 2. The van der Waals surface area contributed by atoms with Gasteiger partial charge in [0.05, 0.1) is 0 Å². The lowest BCUT2D eigenvalue weighted by Crippen LogP contribution is -2.71. The first-order valence-corrected chi connectivity index (χ1v) is 12.4. The maximum absolute atomic E-state index is 13.0. The topological polar surface area (TPSA) is 150 Å². The summed E-state index contributed by atoms with van der Waals surface area (Å²) in [5.74, 6) is -1.91. The average molecular weight is 496 g/mol. The molecule has 3 amide bonds. The highest BCUT2D eigenvalue weighted by molar-refractivity contribution is 8.00. The highest BCUT2D eigenvalue weighted by atomic mass is 32.2. The molecule has 11 nitrogen and oxygen atoms in total. The molecular formula is C20H25N5O6S2. The van der Waals surface area contributed by atoms with Crippen LogP contribution in [0.1, 0.15) is 45.2 Å². The summed E-state index contributed by atoms with van der Waals surface area (Å²) in [4.78, 5) is 58.6. The third-order valence-corrected chi connectivity index (χ3v) is 7.24. The Morgan fingerprint density at radius 2 is 2.18 bits per heavy atom. The van der Waals surface area contributed by atoms with Gasteiger partial charge in [-0.15, -0.1) is 23.1 Å². The molecule has 178 valence electrons. The number of carbonyl (C=O) groups excluding carboxylic acids is 3. The molecule has 2 aliphatic heterocycles. The van der Waals surface area contributed by atoms with Crippen molar-refractivity contribution >= 4 is 58.1 Å². The molecule has 33 heavy (non-hydrogen) atoms. The van der Waals surface area contributed by atoms with E-state index >= 15 is 0 Å². The molecule has 3 heterocycles. The average Bonchev–Trinajstić information content (AvgIpc) is 3.24. The lowest BCUT2D eigenvalue weighted by Gasteiger charge is -2.49. The van der Waals surface area contributed by atoms with E-state index in [1.54, 1.807) is 12.3 Å². The van der Waals surface area contributed by atoms with Gasteiger partial charge in [-0.25, -0.2) is 9.78 Å². The minimum Gasteiger partial charge on any atom is -0.477 e. The van der Waals surface area contributed by atoms with Crippen molar-refractivity contribution in [3.63, 3.8) is 0 Å². The standard InChI is InChI=1S/C20H25N5O6S2/c1-3-4-5-6-7-31-24-13(12-9-33-20(22-12)21-10-26)16(27)23-14-17(28)25-15(19(29)30)11(2)8-32-18(14)25/h9-10,14,18H,3-8H2,1-2H3,(H,23,27)(H,29,30)(H,21,22,26)/t14?,18-/m0/s1.